The molecule has 0 aliphatic rings. The zero-order chi connectivity index (χ0) is 14.4. The van der Waals surface area contributed by atoms with E-state index in [1.54, 1.807) is 7.11 Å². The molecule has 1 aromatic carbocycles. The number of benzene rings is 1. The van der Waals surface area contributed by atoms with E-state index in [0.29, 0.717) is 12.6 Å². The van der Waals surface area contributed by atoms with E-state index in [1.807, 2.05) is 18.2 Å². The number of nitrogen functional groups attached to an aromatic ring is 1. The Balaban J connectivity index is 3.21. The summed E-state index contributed by atoms with van der Waals surface area (Å²) in [4.78, 5) is 2.24. The SMILES string of the molecule is CCC(C)N(CCOC)c1cccc(Br)c1C(=N)N. The third-order valence-corrected chi connectivity index (χ3v) is 3.89. The van der Waals surface area contributed by atoms with Gasteiger partial charge in [0.05, 0.1) is 12.2 Å². The Morgan fingerprint density at radius 3 is 2.74 bits per heavy atom. The predicted octanol–water partition coefficient (Wildman–Crippen LogP) is 2.98. The maximum Gasteiger partial charge on any atom is 0.126 e. The molecule has 0 aliphatic heterocycles. The van der Waals surface area contributed by atoms with Crippen LogP contribution in [0.15, 0.2) is 22.7 Å². The molecule has 1 unspecified atom stereocenters. The number of methoxy groups -OCH3 is 1. The minimum Gasteiger partial charge on any atom is -0.384 e. The Morgan fingerprint density at radius 2 is 2.21 bits per heavy atom. The lowest BCUT2D eigenvalue weighted by Gasteiger charge is -2.32. The maximum atomic E-state index is 7.78. The van der Waals surface area contributed by atoms with Crippen LogP contribution in [0.5, 0.6) is 0 Å². The molecule has 1 atom stereocenters. The van der Waals surface area contributed by atoms with Gasteiger partial charge in [0.2, 0.25) is 0 Å². The Hall–Kier alpha value is -1.07. The molecule has 0 saturated carbocycles. The van der Waals surface area contributed by atoms with E-state index in [2.05, 4.69) is 34.7 Å². The highest BCUT2D eigenvalue weighted by molar-refractivity contribution is 9.10. The van der Waals surface area contributed by atoms with Crippen molar-refractivity contribution >= 4 is 27.5 Å². The average molecular weight is 328 g/mol. The van der Waals surface area contributed by atoms with Crippen LogP contribution in [0.1, 0.15) is 25.8 Å². The fraction of sp³-hybridized carbons (Fsp3) is 0.500. The lowest BCUT2D eigenvalue weighted by molar-refractivity contribution is 0.203. The Morgan fingerprint density at radius 1 is 1.53 bits per heavy atom. The molecule has 3 N–H and O–H groups in total. The molecule has 0 heterocycles. The second-order valence-corrected chi connectivity index (χ2v) is 5.35. The first-order valence-corrected chi connectivity index (χ1v) is 7.20. The Labute approximate surface area is 123 Å². The summed E-state index contributed by atoms with van der Waals surface area (Å²) in [6.45, 7) is 5.74. The number of nitrogens with one attached hydrogen (secondary N) is 1. The second-order valence-electron chi connectivity index (χ2n) is 4.49. The van der Waals surface area contributed by atoms with Crippen molar-refractivity contribution in [3.8, 4) is 0 Å². The smallest absolute Gasteiger partial charge is 0.126 e. The average Bonchev–Trinajstić information content (AvgIpc) is 2.38. The van der Waals surface area contributed by atoms with E-state index in [9.17, 15) is 0 Å². The molecule has 19 heavy (non-hydrogen) atoms. The van der Waals surface area contributed by atoms with E-state index in [1.165, 1.54) is 0 Å². The normalized spacial score (nSPS) is 12.2. The molecule has 0 aliphatic carbocycles. The van der Waals surface area contributed by atoms with Crippen molar-refractivity contribution in [3.63, 3.8) is 0 Å². The minimum atomic E-state index is 0.0770. The van der Waals surface area contributed by atoms with Gasteiger partial charge in [-0.15, -0.1) is 0 Å². The van der Waals surface area contributed by atoms with Gasteiger partial charge in [-0.25, -0.2) is 0 Å². The summed E-state index contributed by atoms with van der Waals surface area (Å²) in [5, 5.41) is 7.78. The topological polar surface area (TPSA) is 62.3 Å². The summed E-state index contributed by atoms with van der Waals surface area (Å²) in [6.07, 6.45) is 1.02. The van der Waals surface area contributed by atoms with Crippen LogP contribution in [0.4, 0.5) is 5.69 Å². The number of nitrogens with two attached hydrogens (primary N) is 1. The zero-order valence-electron chi connectivity index (χ0n) is 11.7. The van der Waals surface area contributed by atoms with Crippen molar-refractivity contribution in [3.05, 3.63) is 28.2 Å². The van der Waals surface area contributed by atoms with Gasteiger partial charge in [-0.1, -0.05) is 13.0 Å². The molecule has 106 valence electrons. The third-order valence-electron chi connectivity index (χ3n) is 3.23. The van der Waals surface area contributed by atoms with Crippen LogP contribution in [0, 0.1) is 5.41 Å². The monoisotopic (exact) mass is 327 g/mol. The van der Waals surface area contributed by atoms with Crippen LogP contribution < -0.4 is 10.6 Å². The van der Waals surface area contributed by atoms with E-state index in [4.69, 9.17) is 15.9 Å². The summed E-state index contributed by atoms with van der Waals surface area (Å²) < 4.78 is 6.03. The number of halogens is 1. The van der Waals surface area contributed by atoms with E-state index < -0.39 is 0 Å². The molecular formula is C14H22BrN3O. The highest BCUT2D eigenvalue weighted by atomic mass is 79.9. The molecule has 0 aromatic heterocycles. The van der Waals surface area contributed by atoms with Crippen molar-refractivity contribution in [2.24, 2.45) is 5.73 Å². The van der Waals surface area contributed by atoms with E-state index in [0.717, 1.165) is 28.7 Å². The van der Waals surface area contributed by atoms with Crippen molar-refractivity contribution in [2.45, 2.75) is 26.3 Å². The number of nitrogens with zero attached hydrogens (tertiary/aromatic N) is 1. The van der Waals surface area contributed by atoms with Crippen molar-refractivity contribution in [2.75, 3.05) is 25.2 Å². The lowest BCUT2D eigenvalue weighted by atomic mass is 10.1. The molecule has 4 nitrogen and oxygen atoms in total. The quantitative estimate of drug-likeness (QED) is 0.597. The molecule has 0 saturated heterocycles. The molecule has 0 spiro atoms. The third kappa shape index (κ3) is 3.94. The van der Waals surface area contributed by atoms with Gasteiger partial charge in [0.1, 0.15) is 5.84 Å². The first kappa shape index (κ1) is 16.0. The number of amidine groups is 1. The van der Waals surface area contributed by atoms with Gasteiger partial charge in [-0.3, -0.25) is 5.41 Å². The molecule has 0 bridgehead atoms. The summed E-state index contributed by atoms with van der Waals surface area (Å²) in [7, 11) is 1.70. The van der Waals surface area contributed by atoms with Crippen LogP contribution in [-0.4, -0.2) is 32.1 Å². The van der Waals surface area contributed by atoms with E-state index in [-0.39, 0.29) is 5.84 Å². The number of rotatable bonds is 7. The van der Waals surface area contributed by atoms with Gasteiger partial charge in [-0.05, 0) is 41.4 Å². The summed E-state index contributed by atoms with van der Waals surface area (Å²) in [6, 6.07) is 6.24. The van der Waals surface area contributed by atoms with Crippen molar-refractivity contribution in [1.29, 1.82) is 5.41 Å². The standard InChI is InChI=1S/C14H22BrN3O/c1-4-10(2)18(8-9-19-3)12-7-5-6-11(15)13(12)14(16)17/h5-7,10H,4,8-9H2,1-3H3,(H3,16,17). The number of hydrogen-bond acceptors (Lipinski definition) is 3. The number of ether oxygens (including phenoxy) is 1. The van der Waals surface area contributed by atoms with Gasteiger partial charge in [0.15, 0.2) is 0 Å². The van der Waals surface area contributed by atoms with Gasteiger partial charge in [0, 0.05) is 29.9 Å². The number of hydrogen-bond donors (Lipinski definition) is 2. The van der Waals surface area contributed by atoms with E-state index >= 15 is 0 Å². The van der Waals surface area contributed by atoms with Crippen LogP contribution in [0.2, 0.25) is 0 Å². The molecule has 1 aromatic rings. The summed E-state index contributed by atoms with van der Waals surface area (Å²) in [5.41, 5.74) is 7.45. The molecule has 0 amide bonds. The van der Waals surface area contributed by atoms with Crippen LogP contribution in [0.3, 0.4) is 0 Å². The molecule has 5 heteroatoms. The maximum absolute atomic E-state index is 7.78. The molecular weight excluding hydrogens is 306 g/mol. The Kier molecular flexibility index (Phi) is 6.31. The highest BCUT2D eigenvalue weighted by Gasteiger charge is 2.19. The van der Waals surface area contributed by atoms with Crippen molar-refractivity contribution < 1.29 is 4.74 Å². The minimum absolute atomic E-state index is 0.0770. The van der Waals surface area contributed by atoms with Gasteiger partial charge in [0.25, 0.3) is 0 Å². The molecule has 0 fully saturated rings. The Bertz CT molecular complexity index is 437. The fourth-order valence-electron chi connectivity index (χ4n) is 2.01. The summed E-state index contributed by atoms with van der Waals surface area (Å²) >= 11 is 3.48. The molecule has 1 rings (SSSR count). The lowest BCUT2D eigenvalue weighted by Crippen LogP contribution is -2.37. The van der Waals surface area contributed by atoms with Crippen LogP contribution in [0.25, 0.3) is 0 Å². The second kappa shape index (κ2) is 7.50. The first-order valence-electron chi connectivity index (χ1n) is 6.41. The van der Waals surface area contributed by atoms with Gasteiger partial charge < -0.3 is 15.4 Å². The highest BCUT2D eigenvalue weighted by Crippen LogP contribution is 2.29. The largest absolute Gasteiger partial charge is 0.384 e. The van der Waals surface area contributed by atoms with Crippen molar-refractivity contribution in [1.82, 2.24) is 0 Å². The first-order chi connectivity index (χ1) is 9.02. The van der Waals surface area contributed by atoms with Crippen LogP contribution in [-0.2, 0) is 4.74 Å². The molecule has 0 radical (unpaired) electrons. The predicted molar refractivity (Wildman–Crippen MR) is 84.1 cm³/mol. The van der Waals surface area contributed by atoms with Gasteiger partial charge >= 0.3 is 0 Å². The van der Waals surface area contributed by atoms with Gasteiger partial charge in [-0.2, -0.15) is 0 Å². The number of anilines is 1. The zero-order valence-corrected chi connectivity index (χ0v) is 13.3. The summed E-state index contributed by atoms with van der Waals surface area (Å²) in [5.74, 6) is 0.0770. The van der Waals surface area contributed by atoms with Crippen LogP contribution >= 0.6 is 15.9 Å². The fourth-order valence-corrected chi connectivity index (χ4v) is 2.58.